The van der Waals surface area contributed by atoms with E-state index in [1.807, 2.05) is 19.9 Å². The Morgan fingerprint density at radius 2 is 2.20 bits per heavy atom. The van der Waals surface area contributed by atoms with E-state index >= 15 is 0 Å². The summed E-state index contributed by atoms with van der Waals surface area (Å²) in [6.07, 6.45) is 3.59. The highest BCUT2D eigenvalue weighted by molar-refractivity contribution is 7.89. The molecule has 0 amide bonds. The van der Waals surface area contributed by atoms with Crippen LogP contribution in [0.15, 0.2) is 35.7 Å². The molecule has 1 aromatic rings. The molecule has 0 saturated carbocycles. The highest BCUT2D eigenvalue weighted by Gasteiger charge is 2.26. The van der Waals surface area contributed by atoms with Gasteiger partial charge in [0.15, 0.2) is 0 Å². The zero-order valence-electron chi connectivity index (χ0n) is 12.1. The van der Waals surface area contributed by atoms with Crippen molar-refractivity contribution in [3.8, 4) is 0 Å². The fourth-order valence-corrected chi connectivity index (χ4v) is 4.12. The van der Waals surface area contributed by atoms with Crippen molar-refractivity contribution in [3.05, 3.63) is 36.4 Å². The van der Waals surface area contributed by atoms with Crippen LogP contribution in [0.5, 0.6) is 0 Å². The largest absolute Gasteiger partial charge is 0.385 e. The normalized spacial score (nSPS) is 15.0. The number of benzene rings is 1. The fourth-order valence-electron chi connectivity index (χ4n) is 2.46. The molecule has 4 nitrogen and oxygen atoms in total. The third kappa shape index (κ3) is 2.88. The molecule has 20 heavy (non-hydrogen) atoms. The van der Waals surface area contributed by atoms with Crippen LogP contribution in [0.2, 0.25) is 0 Å². The summed E-state index contributed by atoms with van der Waals surface area (Å²) in [4.78, 5) is 0.371. The first-order valence-electron chi connectivity index (χ1n) is 6.96. The smallest absolute Gasteiger partial charge is 0.243 e. The van der Waals surface area contributed by atoms with E-state index in [0.29, 0.717) is 11.4 Å². The van der Waals surface area contributed by atoms with Crippen LogP contribution in [0.25, 0.3) is 0 Å². The van der Waals surface area contributed by atoms with Crippen molar-refractivity contribution < 1.29 is 8.42 Å². The van der Waals surface area contributed by atoms with Crippen molar-refractivity contribution in [2.45, 2.75) is 37.6 Å². The Balaban J connectivity index is 2.40. The highest BCUT2D eigenvalue weighted by Crippen LogP contribution is 2.27. The second-order valence-corrected chi connectivity index (χ2v) is 7.20. The molecule has 0 aromatic heterocycles. The number of nitrogens with one attached hydrogen (secondary N) is 1. The van der Waals surface area contributed by atoms with E-state index in [0.717, 1.165) is 30.6 Å². The Bertz CT molecular complexity index is 594. The maximum absolute atomic E-state index is 12.7. The average molecular weight is 294 g/mol. The number of hydrogen-bond donors (Lipinski definition) is 1. The lowest BCUT2D eigenvalue weighted by Gasteiger charge is -2.26. The SMILES string of the molecule is C=CCN(C(C)C)S(=O)(=O)c1ccc2c(c1)CCCN2. The molecule has 110 valence electrons. The van der Waals surface area contributed by atoms with Gasteiger partial charge in [-0.1, -0.05) is 6.08 Å². The van der Waals surface area contributed by atoms with Crippen molar-refractivity contribution in [1.82, 2.24) is 4.31 Å². The number of hydrogen-bond acceptors (Lipinski definition) is 3. The molecule has 5 heteroatoms. The Kier molecular flexibility index (Phi) is 4.50. The molecule has 0 aliphatic carbocycles. The molecular weight excluding hydrogens is 272 g/mol. The van der Waals surface area contributed by atoms with Gasteiger partial charge in [0.05, 0.1) is 4.90 Å². The average Bonchev–Trinajstić information content (AvgIpc) is 2.43. The van der Waals surface area contributed by atoms with Crippen molar-refractivity contribution in [2.75, 3.05) is 18.4 Å². The minimum atomic E-state index is -3.46. The zero-order chi connectivity index (χ0) is 14.8. The van der Waals surface area contributed by atoms with Gasteiger partial charge in [0.25, 0.3) is 0 Å². The Morgan fingerprint density at radius 3 is 2.85 bits per heavy atom. The number of anilines is 1. The summed E-state index contributed by atoms with van der Waals surface area (Å²) in [5.41, 5.74) is 2.13. The van der Waals surface area contributed by atoms with E-state index in [9.17, 15) is 8.42 Å². The standard InChI is InChI=1S/C15H22N2O2S/c1-4-10-17(12(2)3)20(18,19)14-7-8-15-13(11-14)6-5-9-16-15/h4,7-8,11-12,16H,1,5-6,9-10H2,2-3H3. The van der Waals surface area contributed by atoms with Crippen LogP contribution >= 0.6 is 0 Å². The molecule has 0 spiro atoms. The number of rotatable bonds is 5. The summed E-state index contributed by atoms with van der Waals surface area (Å²) < 4.78 is 26.9. The van der Waals surface area contributed by atoms with Gasteiger partial charge in [0, 0.05) is 24.8 Å². The lowest BCUT2D eigenvalue weighted by atomic mass is 10.0. The molecule has 0 radical (unpaired) electrons. The molecule has 0 fully saturated rings. The Hall–Kier alpha value is -1.33. The Labute approximate surface area is 121 Å². The molecule has 1 aliphatic heterocycles. The van der Waals surface area contributed by atoms with Crippen LogP contribution in [0.3, 0.4) is 0 Å². The van der Waals surface area contributed by atoms with Crippen molar-refractivity contribution in [1.29, 1.82) is 0 Å². The molecule has 0 unspecified atom stereocenters. The predicted molar refractivity (Wildman–Crippen MR) is 82.5 cm³/mol. The maximum Gasteiger partial charge on any atom is 0.243 e. The molecule has 2 rings (SSSR count). The summed E-state index contributed by atoms with van der Waals surface area (Å²) in [7, 11) is -3.46. The first-order chi connectivity index (χ1) is 9.46. The van der Waals surface area contributed by atoms with Gasteiger partial charge in [-0.25, -0.2) is 8.42 Å². The molecule has 1 heterocycles. The molecule has 0 bridgehead atoms. The molecule has 0 saturated heterocycles. The number of nitrogens with zero attached hydrogens (tertiary/aromatic N) is 1. The van der Waals surface area contributed by atoms with Crippen LogP contribution in [0.1, 0.15) is 25.8 Å². The second kappa shape index (κ2) is 5.97. The van der Waals surface area contributed by atoms with E-state index in [1.54, 1.807) is 18.2 Å². The van der Waals surface area contributed by atoms with Crippen LogP contribution in [-0.4, -0.2) is 31.9 Å². The first kappa shape index (κ1) is 15.1. The summed E-state index contributed by atoms with van der Waals surface area (Å²) >= 11 is 0. The molecule has 1 aromatic carbocycles. The Morgan fingerprint density at radius 1 is 1.45 bits per heavy atom. The van der Waals surface area contributed by atoms with E-state index in [4.69, 9.17) is 0 Å². The van der Waals surface area contributed by atoms with Crippen LogP contribution in [0.4, 0.5) is 5.69 Å². The summed E-state index contributed by atoms with van der Waals surface area (Å²) in [6.45, 7) is 8.68. The van der Waals surface area contributed by atoms with Gasteiger partial charge >= 0.3 is 0 Å². The lowest BCUT2D eigenvalue weighted by molar-refractivity contribution is 0.383. The quantitative estimate of drug-likeness (QED) is 0.849. The van der Waals surface area contributed by atoms with Gasteiger partial charge in [-0.3, -0.25) is 0 Å². The lowest BCUT2D eigenvalue weighted by Crippen LogP contribution is -2.37. The van der Waals surface area contributed by atoms with Gasteiger partial charge in [0.1, 0.15) is 0 Å². The predicted octanol–water partition coefficient (Wildman–Crippen LogP) is 2.63. The highest BCUT2D eigenvalue weighted by atomic mass is 32.2. The minimum Gasteiger partial charge on any atom is -0.385 e. The number of fused-ring (bicyclic) bond motifs is 1. The zero-order valence-corrected chi connectivity index (χ0v) is 12.9. The second-order valence-electron chi connectivity index (χ2n) is 5.31. The van der Waals surface area contributed by atoms with E-state index in [2.05, 4.69) is 11.9 Å². The van der Waals surface area contributed by atoms with Crippen LogP contribution in [-0.2, 0) is 16.4 Å². The van der Waals surface area contributed by atoms with Gasteiger partial charge in [-0.05, 0) is 50.5 Å². The molecule has 1 N–H and O–H groups in total. The molecular formula is C15H22N2O2S. The van der Waals surface area contributed by atoms with E-state index < -0.39 is 10.0 Å². The summed E-state index contributed by atoms with van der Waals surface area (Å²) in [5, 5.41) is 3.29. The van der Waals surface area contributed by atoms with E-state index in [-0.39, 0.29) is 6.04 Å². The van der Waals surface area contributed by atoms with Crippen molar-refractivity contribution in [2.24, 2.45) is 0 Å². The van der Waals surface area contributed by atoms with Crippen LogP contribution < -0.4 is 5.32 Å². The first-order valence-corrected chi connectivity index (χ1v) is 8.40. The van der Waals surface area contributed by atoms with Crippen molar-refractivity contribution >= 4 is 15.7 Å². The minimum absolute atomic E-state index is 0.0906. The number of sulfonamides is 1. The maximum atomic E-state index is 12.7. The van der Waals surface area contributed by atoms with Gasteiger partial charge in [-0.15, -0.1) is 6.58 Å². The van der Waals surface area contributed by atoms with Crippen LogP contribution in [0, 0.1) is 0 Å². The van der Waals surface area contributed by atoms with E-state index in [1.165, 1.54) is 4.31 Å². The third-order valence-electron chi connectivity index (χ3n) is 3.51. The fraction of sp³-hybridized carbons (Fsp3) is 0.467. The third-order valence-corrected chi connectivity index (χ3v) is 5.54. The molecule has 0 atom stereocenters. The summed E-state index contributed by atoms with van der Waals surface area (Å²) in [5.74, 6) is 0. The topological polar surface area (TPSA) is 49.4 Å². The van der Waals surface area contributed by atoms with Gasteiger partial charge < -0.3 is 5.32 Å². The number of aryl methyl sites for hydroxylation is 1. The van der Waals surface area contributed by atoms with Gasteiger partial charge in [0.2, 0.25) is 10.0 Å². The summed E-state index contributed by atoms with van der Waals surface area (Å²) in [6, 6.07) is 5.26. The monoisotopic (exact) mass is 294 g/mol. The van der Waals surface area contributed by atoms with Gasteiger partial charge in [-0.2, -0.15) is 4.31 Å². The van der Waals surface area contributed by atoms with Crippen molar-refractivity contribution in [3.63, 3.8) is 0 Å². The molecule has 1 aliphatic rings.